The van der Waals surface area contributed by atoms with E-state index in [0.717, 1.165) is 0 Å². The number of benzene rings is 2. The van der Waals surface area contributed by atoms with Crippen LogP contribution in [-0.2, 0) is 10.0 Å². The molecule has 2 aromatic carbocycles. The number of quaternary nitrogens is 1. The number of rotatable bonds is 6. The van der Waals surface area contributed by atoms with Gasteiger partial charge in [0.25, 0.3) is 0 Å². The Morgan fingerprint density at radius 3 is 2.50 bits per heavy atom. The Hall–Kier alpha value is -2.69. The first-order chi connectivity index (χ1) is 14.1. The zero-order valence-electron chi connectivity index (χ0n) is 15.6. The minimum Gasteiger partial charge on any atom is -0.454 e. The van der Waals surface area contributed by atoms with Crippen LogP contribution in [0.1, 0.15) is 0 Å². The van der Waals surface area contributed by atoms with Crippen molar-refractivity contribution < 1.29 is 30.7 Å². The first-order valence-corrected chi connectivity index (χ1v) is 10.5. The predicted octanol–water partition coefficient (Wildman–Crippen LogP) is 4.23. The first kappa shape index (κ1) is 22.0. The Balaban J connectivity index is 2.11. The van der Waals surface area contributed by atoms with Crippen molar-refractivity contribution in [3.8, 4) is 11.5 Å². The van der Waals surface area contributed by atoms with E-state index in [2.05, 4.69) is 0 Å². The maximum absolute atomic E-state index is 13.9. The molecule has 0 saturated carbocycles. The van der Waals surface area contributed by atoms with E-state index in [9.17, 15) is 26.0 Å². The maximum Gasteiger partial charge on any atom is 0.408 e. The summed E-state index contributed by atoms with van der Waals surface area (Å²) < 4.78 is 83.3. The number of hydrogen-bond donors (Lipinski definition) is 1. The van der Waals surface area contributed by atoms with Gasteiger partial charge in [-0.1, -0.05) is 24.3 Å². The minimum absolute atomic E-state index is 0.0170. The molecule has 160 valence electrons. The van der Waals surface area contributed by atoms with Crippen LogP contribution in [0.5, 0.6) is 11.5 Å². The van der Waals surface area contributed by atoms with Crippen LogP contribution in [0, 0.1) is 5.82 Å². The summed E-state index contributed by atoms with van der Waals surface area (Å²) in [5, 5.41) is 0. The highest BCUT2D eigenvalue weighted by Gasteiger charge is 2.50. The van der Waals surface area contributed by atoms with E-state index in [4.69, 9.17) is 10.5 Å². The van der Waals surface area contributed by atoms with Crippen molar-refractivity contribution in [1.82, 2.24) is 3.89 Å². The Bertz CT molecular complexity index is 1100. The van der Waals surface area contributed by atoms with E-state index in [0.29, 0.717) is 5.57 Å². The largest absolute Gasteiger partial charge is 0.454 e. The van der Waals surface area contributed by atoms with Gasteiger partial charge in [0.2, 0.25) is 0 Å². The van der Waals surface area contributed by atoms with E-state index in [-0.39, 0.29) is 30.3 Å². The van der Waals surface area contributed by atoms with Crippen LogP contribution in [0.25, 0.3) is 0 Å². The molecule has 5 nitrogen and oxygen atoms in total. The van der Waals surface area contributed by atoms with Gasteiger partial charge in [-0.3, -0.25) is 0 Å². The highest BCUT2D eigenvalue weighted by molar-refractivity contribution is 7.91. The van der Waals surface area contributed by atoms with Gasteiger partial charge in [-0.25, -0.2) is 4.39 Å². The van der Waals surface area contributed by atoms with E-state index in [1.165, 1.54) is 54.7 Å². The van der Waals surface area contributed by atoms with Crippen molar-refractivity contribution in [3.05, 3.63) is 78.3 Å². The van der Waals surface area contributed by atoms with E-state index < -0.39 is 31.7 Å². The van der Waals surface area contributed by atoms with Crippen molar-refractivity contribution in [3.63, 3.8) is 0 Å². The van der Waals surface area contributed by atoms with E-state index >= 15 is 0 Å². The van der Waals surface area contributed by atoms with Crippen molar-refractivity contribution in [2.24, 2.45) is 5.73 Å². The SMILES string of the molecule is NCC1=C[N+](c2cccc(Oc3ccccc3F)c2)(S(=O)(=O)CC(F)(F)F)CC=C1. The van der Waals surface area contributed by atoms with Crippen LogP contribution in [-0.4, -0.2) is 33.4 Å². The molecule has 1 heterocycles. The van der Waals surface area contributed by atoms with Crippen LogP contribution in [0.3, 0.4) is 0 Å². The minimum atomic E-state index is -4.93. The van der Waals surface area contributed by atoms with Crippen molar-refractivity contribution in [2.75, 3.05) is 18.8 Å². The smallest absolute Gasteiger partial charge is 0.408 e. The second-order valence-corrected chi connectivity index (χ2v) is 8.76. The lowest BCUT2D eigenvalue weighted by molar-refractivity contribution is -0.106. The van der Waals surface area contributed by atoms with Crippen LogP contribution in [0.4, 0.5) is 23.2 Å². The summed E-state index contributed by atoms with van der Waals surface area (Å²) >= 11 is 0. The van der Waals surface area contributed by atoms with Gasteiger partial charge in [-0.2, -0.15) is 25.5 Å². The zero-order valence-corrected chi connectivity index (χ0v) is 16.5. The molecule has 3 rings (SSSR count). The Morgan fingerprint density at radius 1 is 1.10 bits per heavy atom. The second-order valence-electron chi connectivity index (χ2n) is 6.66. The summed E-state index contributed by atoms with van der Waals surface area (Å²) in [4.78, 5) is 0. The van der Waals surface area contributed by atoms with Crippen molar-refractivity contribution in [2.45, 2.75) is 6.18 Å². The van der Waals surface area contributed by atoms with Gasteiger partial charge >= 0.3 is 16.2 Å². The van der Waals surface area contributed by atoms with Gasteiger partial charge < -0.3 is 10.5 Å². The number of sulfonamides is 1. The number of ether oxygens (including phenoxy) is 1. The topological polar surface area (TPSA) is 69.4 Å². The monoisotopic (exact) mass is 443 g/mol. The van der Waals surface area contributed by atoms with Crippen LogP contribution in [0.2, 0.25) is 0 Å². The molecule has 1 unspecified atom stereocenters. The molecule has 0 bridgehead atoms. The van der Waals surface area contributed by atoms with Gasteiger partial charge in [-0.15, -0.1) is 0 Å². The molecule has 1 aliphatic heterocycles. The summed E-state index contributed by atoms with van der Waals surface area (Å²) in [7, 11) is -4.80. The number of alkyl halides is 3. The van der Waals surface area contributed by atoms with Crippen molar-refractivity contribution >= 4 is 15.7 Å². The van der Waals surface area contributed by atoms with Crippen LogP contribution >= 0.6 is 0 Å². The lowest BCUT2D eigenvalue weighted by Gasteiger charge is -2.34. The molecule has 0 radical (unpaired) electrons. The fraction of sp³-hybridized carbons (Fsp3) is 0.200. The summed E-state index contributed by atoms with van der Waals surface area (Å²) in [6, 6.07) is 11.1. The molecular formula is C20H19F4N2O3S+. The molecule has 10 heteroatoms. The first-order valence-electron chi connectivity index (χ1n) is 8.85. The molecule has 0 aliphatic carbocycles. The van der Waals surface area contributed by atoms with Crippen molar-refractivity contribution in [1.29, 1.82) is 0 Å². The standard InChI is InChI=1S/C20H19F4N2O3S/c21-18-8-1-2-9-19(18)29-17-7-3-6-16(11-17)26(10-4-5-15(12-25)13-26)30(27,28)14-20(22,23)24/h1-9,11,13H,10,12,14,25H2/q+1. The Kier molecular flexibility index (Phi) is 6.02. The Labute approximate surface area is 171 Å². The average molecular weight is 443 g/mol. The van der Waals surface area contributed by atoms with Gasteiger partial charge in [0.05, 0.1) is 0 Å². The molecule has 0 spiro atoms. The van der Waals surface area contributed by atoms with Gasteiger partial charge in [0, 0.05) is 24.3 Å². The normalized spacial score (nSPS) is 19.4. The molecule has 1 aliphatic rings. The van der Waals surface area contributed by atoms with E-state index in [1.54, 1.807) is 12.1 Å². The zero-order chi connectivity index (χ0) is 22.0. The molecule has 30 heavy (non-hydrogen) atoms. The third-order valence-corrected chi connectivity index (χ3v) is 6.63. The Morgan fingerprint density at radius 2 is 1.83 bits per heavy atom. The highest BCUT2D eigenvalue weighted by atomic mass is 32.2. The molecule has 0 fully saturated rings. The van der Waals surface area contributed by atoms with Gasteiger partial charge in [0.1, 0.15) is 18.5 Å². The molecule has 0 amide bonds. The maximum atomic E-state index is 13.9. The fourth-order valence-corrected chi connectivity index (χ4v) is 4.83. The second kappa shape index (κ2) is 8.21. The summed E-state index contributed by atoms with van der Waals surface area (Å²) in [5.74, 6) is -2.67. The lowest BCUT2D eigenvalue weighted by Crippen LogP contribution is -2.54. The quantitative estimate of drug-likeness (QED) is 0.536. The number of halogens is 4. The summed E-state index contributed by atoms with van der Waals surface area (Å²) in [5.41, 5.74) is 5.99. The molecule has 1 atom stereocenters. The summed E-state index contributed by atoms with van der Waals surface area (Å²) in [6.07, 6.45) is -0.702. The lowest BCUT2D eigenvalue weighted by atomic mass is 10.2. The molecule has 2 N–H and O–H groups in total. The van der Waals surface area contributed by atoms with Crippen LogP contribution in [0.15, 0.2) is 72.5 Å². The molecule has 0 saturated heterocycles. The third kappa shape index (κ3) is 4.55. The van der Waals surface area contributed by atoms with E-state index in [1.807, 2.05) is 0 Å². The molecular weight excluding hydrogens is 424 g/mol. The molecule has 2 aromatic rings. The van der Waals surface area contributed by atoms with Gasteiger partial charge in [-0.05, 0) is 24.3 Å². The average Bonchev–Trinajstić information content (AvgIpc) is 2.68. The van der Waals surface area contributed by atoms with Gasteiger partial charge in [0.15, 0.2) is 23.0 Å². The fourth-order valence-electron chi connectivity index (χ4n) is 3.14. The molecule has 0 aromatic heterocycles. The number of nitrogens with zero attached hydrogens (tertiary/aromatic N) is 1. The predicted molar refractivity (Wildman–Crippen MR) is 106 cm³/mol. The summed E-state index contributed by atoms with van der Waals surface area (Å²) in [6.45, 7) is -0.311. The number of para-hydroxylation sites is 1. The van der Waals surface area contributed by atoms with Crippen LogP contribution < -0.4 is 14.4 Å². The third-order valence-electron chi connectivity index (χ3n) is 4.48. The number of nitrogens with two attached hydrogens (primary N) is 1. The highest BCUT2D eigenvalue weighted by Crippen LogP contribution is 2.37. The number of hydrogen-bond acceptors (Lipinski definition) is 4.